The Hall–Kier alpha value is -2.92. The molecule has 1 amide bonds. The monoisotopic (exact) mass is 394 g/mol. The third-order valence-corrected chi connectivity index (χ3v) is 4.77. The fourth-order valence-electron chi connectivity index (χ4n) is 2.91. The molecule has 0 aliphatic rings. The van der Waals surface area contributed by atoms with Crippen LogP contribution in [0.1, 0.15) is 40.9 Å². The van der Waals surface area contributed by atoms with Crippen LogP contribution >= 0.6 is 11.6 Å². The molecule has 0 saturated carbocycles. The molecule has 1 aromatic heterocycles. The normalized spacial score (nSPS) is 10.5. The summed E-state index contributed by atoms with van der Waals surface area (Å²) >= 11 is 5.89. The second kappa shape index (κ2) is 9.33. The minimum Gasteiger partial charge on any atom is -0.350 e. The minimum atomic E-state index is -0.208. The zero-order valence-corrected chi connectivity index (χ0v) is 16.8. The van der Waals surface area contributed by atoms with Crippen LogP contribution in [0.15, 0.2) is 54.9 Å². The van der Waals surface area contributed by atoms with Crippen LogP contribution in [0.5, 0.6) is 0 Å². The van der Waals surface area contributed by atoms with E-state index in [0.717, 1.165) is 35.2 Å². The number of amides is 1. The molecule has 0 aliphatic heterocycles. The quantitative estimate of drug-likeness (QED) is 0.583. The Kier molecular flexibility index (Phi) is 6.61. The molecule has 0 saturated heterocycles. The number of anilines is 2. The lowest BCUT2D eigenvalue weighted by Gasteiger charge is -2.14. The van der Waals surface area contributed by atoms with E-state index in [1.807, 2.05) is 42.5 Å². The van der Waals surface area contributed by atoms with E-state index in [1.165, 1.54) is 12.4 Å². The van der Waals surface area contributed by atoms with Crippen LogP contribution in [0.2, 0.25) is 5.02 Å². The highest BCUT2D eigenvalue weighted by Gasteiger charge is 2.12. The first-order valence-electron chi connectivity index (χ1n) is 9.33. The molecular formula is C22H23ClN4O. The van der Waals surface area contributed by atoms with Crippen LogP contribution in [0.4, 0.5) is 11.6 Å². The number of nitrogens with one attached hydrogen (secondary N) is 2. The molecule has 0 radical (unpaired) electrons. The van der Waals surface area contributed by atoms with Crippen LogP contribution in [-0.2, 0) is 19.4 Å². The van der Waals surface area contributed by atoms with Crippen molar-refractivity contribution in [2.75, 3.05) is 10.6 Å². The third-order valence-electron chi connectivity index (χ3n) is 4.52. The summed E-state index contributed by atoms with van der Waals surface area (Å²) in [5.41, 5.74) is 4.62. The van der Waals surface area contributed by atoms with Crippen molar-refractivity contribution in [2.45, 2.75) is 33.2 Å². The Bertz CT molecular complexity index is 918. The fourth-order valence-corrected chi connectivity index (χ4v) is 3.03. The number of para-hydroxylation sites is 1. The van der Waals surface area contributed by atoms with Crippen molar-refractivity contribution in [3.05, 3.63) is 82.1 Å². The summed E-state index contributed by atoms with van der Waals surface area (Å²) < 4.78 is 0. The smallest absolute Gasteiger partial charge is 0.258 e. The highest BCUT2D eigenvalue weighted by Crippen LogP contribution is 2.23. The van der Waals surface area contributed by atoms with Crippen molar-refractivity contribution >= 4 is 29.1 Å². The molecular weight excluding hydrogens is 372 g/mol. The zero-order chi connectivity index (χ0) is 19.9. The van der Waals surface area contributed by atoms with Gasteiger partial charge in [0.1, 0.15) is 0 Å². The van der Waals surface area contributed by atoms with E-state index in [1.54, 1.807) is 0 Å². The number of carbonyl (C=O) groups is 1. The van der Waals surface area contributed by atoms with Gasteiger partial charge in [0.05, 0.1) is 5.56 Å². The fraction of sp³-hybridized carbons (Fsp3) is 0.227. The highest BCUT2D eigenvalue weighted by molar-refractivity contribution is 6.30. The molecule has 1 heterocycles. The van der Waals surface area contributed by atoms with E-state index < -0.39 is 0 Å². The zero-order valence-electron chi connectivity index (χ0n) is 16.0. The van der Waals surface area contributed by atoms with E-state index in [0.29, 0.717) is 23.1 Å². The molecule has 0 spiro atoms. The van der Waals surface area contributed by atoms with Gasteiger partial charge in [-0.2, -0.15) is 0 Å². The molecule has 0 fully saturated rings. The number of carbonyl (C=O) groups excluding carboxylic acids is 1. The molecule has 6 heteroatoms. The van der Waals surface area contributed by atoms with Gasteiger partial charge >= 0.3 is 0 Å². The first kappa shape index (κ1) is 19.8. The van der Waals surface area contributed by atoms with Crippen LogP contribution < -0.4 is 10.6 Å². The highest BCUT2D eigenvalue weighted by atomic mass is 35.5. The van der Waals surface area contributed by atoms with Gasteiger partial charge in [0, 0.05) is 29.6 Å². The largest absolute Gasteiger partial charge is 0.350 e. The van der Waals surface area contributed by atoms with Crippen LogP contribution in [0, 0.1) is 0 Å². The van der Waals surface area contributed by atoms with Gasteiger partial charge in [-0.15, -0.1) is 0 Å². The molecule has 3 aromatic rings. The van der Waals surface area contributed by atoms with Gasteiger partial charge in [0.15, 0.2) is 0 Å². The molecule has 0 unspecified atom stereocenters. The first-order valence-corrected chi connectivity index (χ1v) is 9.71. The second-order valence-corrected chi connectivity index (χ2v) is 6.82. The van der Waals surface area contributed by atoms with E-state index >= 15 is 0 Å². The molecule has 0 aliphatic carbocycles. The Morgan fingerprint density at radius 1 is 0.964 bits per heavy atom. The summed E-state index contributed by atoms with van der Waals surface area (Å²) in [6.45, 7) is 4.73. The number of halogens is 1. The lowest BCUT2D eigenvalue weighted by atomic mass is 10.0. The predicted molar refractivity (Wildman–Crippen MR) is 114 cm³/mol. The molecule has 0 atom stereocenters. The molecule has 5 nitrogen and oxygen atoms in total. The summed E-state index contributed by atoms with van der Waals surface area (Å²) in [6, 6.07) is 13.7. The standard InChI is InChI=1S/C22H23ClN4O/c1-3-16-6-5-7-17(4-2)20(16)27-21(28)18-13-25-22(26-14-18)24-12-15-8-10-19(23)11-9-15/h5-11,13-14H,3-4,12H2,1-2H3,(H,27,28)(H,24,25,26). The van der Waals surface area contributed by atoms with Crippen LogP contribution in [-0.4, -0.2) is 15.9 Å². The van der Waals surface area contributed by atoms with Crippen LogP contribution in [0.3, 0.4) is 0 Å². The average Bonchev–Trinajstić information content (AvgIpc) is 2.73. The Morgan fingerprint density at radius 3 is 2.14 bits per heavy atom. The van der Waals surface area contributed by atoms with Gasteiger partial charge in [-0.25, -0.2) is 9.97 Å². The third kappa shape index (κ3) is 4.87. The van der Waals surface area contributed by atoms with Gasteiger partial charge in [-0.1, -0.05) is 55.8 Å². The Morgan fingerprint density at radius 2 is 1.57 bits per heavy atom. The molecule has 28 heavy (non-hydrogen) atoms. The van der Waals surface area contributed by atoms with Crippen LogP contribution in [0.25, 0.3) is 0 Å². The molecule has 3 rings (SSSR count). The summed E-state index contributed by atoms with van der Waals surface area (Å²) in [5.74, 6) is 0.259. The number of benzene rings is 2. The molecule has 2 N–H and O–H groups in total. The van der Waals surface area contributed by atoms with Crippen molar-refractivity contribution in [1.82, 2.24) is 9.97 Å². The molecule has 0 bridgehead atoms. The Labute approximate surface area is 170 Å². The van der Waals surface area contributed by atoms with Crippen molar-refractivity contribution in [3.8, 4) is 0 Å². The average molecular weight is 395 g/mol. The first-order chi connectivity index (χ1) is 13.6. The van der Waals surface area contributed by atoms with Gasteiger partial charge in [-0.3, -0.25) is 4.79 Å². The van der Waals surface area contributed by atoms with E-state index in [2.05, 4.69) is 34.4 Å². The van der Waals surface area contributed by atoms with E-state index in [4.69, 9.17) is 11.6 Å². The van der Waals surface area contributed by atoms with Gasteiger partial charge < -0.3 is 10.6 Å². The second-order valence-electron chi connectivity index (χ2n) is 6.39. The van der Waals surface area contributed by atoms with Gasteiger partial charge in [0.2, 0.25) is 5.95 Å². The number of hydrogen-bond acceptors (Lipinski definition) is 4. The van der Waals surface area contributed by atoms with E-state index in [9.17, 15) is 4.79 Å². The SMILES string of the molecule is CCc1cccc(CC)c1NC(=O)c1cnc(NCc2ccc(Cl)cc2)nc1. The summed E-state index contributed by atoms with van der Waals surface area (Å²) in [7, 11) is 0. The Balaban J connectivity index is 1.66. The van der Waals surface area contributed by atoms with Gasteiger partial charge in [0.25, 0.3) is 5.91 Å². The van der Waals surface area contributed by atoms with Crippen molar-refractivity contribution in [1.29, 1.82) is 0 Å². The maximum atomic E-state index is 12.6. The molecule has 2 aromatic carbocycles. The summed E-state index contributed by atoms with van der Waals surface area (Å²) in [4.78, 5) is 21.1. The van der Waals surface area contributed by atoms with Gasteiger partial charge in [-0.05, 0) is 41.7 Å². The molecule has 144 valence electrons. The van der Waals surface area contributed by atoms with Crippen molar-refractivity contribution in [3.63, 3.8) is 0 Å². The van der Waals surface area contributed by atoms with Crippen molar-refractivity contribution in [2.24, 2.45) is 0 Å². The number of aromatic nitrogens is 2. The maximum absolute atomic E-state index is 12.6. The lowest BCUT2D eigenvalue weighted by Crippen LogP contribution is -2.16. The number of rotatable bonds is 7. The minimum absolute atomic E-state index is 0.208. The summed E-state index contributed by atoms with van der Waals surface area (Å²) in [5, 5.41) is 6.86. The maximum Gasteiger partial charge on any atom is 0.258 e. The van der Waals surface area contributed by atoms with E-state index in [-0.39, 0.29) is 5.91 Å². The number of hydrogen-bond donors (Lipinski definition) is 2. The number of nitrogens with zero attached hydrogens (tertiary/aromatic N) is 2. The van der Waals surface area contributed by atoms with Crippen molar-refractivity contribution < 1.29 is 4.79 Å². The predicted octanol–water partition coefficient (Wildman–Crippen LogP) is 5.12. The summed E-state index contributed by atoms with van der Waals surface area (Å²) in [6.07, 6.45) is 4.78. The lowest BCUT2D eigenvalue weighted by molar-refractivity contribution is 0.102. The number of aryl methyl sites for hydroxylation is 2. The topological polar surface area (TPSA) is 66.9 Å².